The molecule has 0 heterocycles. The van der Waals surface area contributed by atoms with Crippen LogP contribution in [-0.4, -0.2) is 5.78 Å². The Morgan fingerprint density at radius 1 is 0.667 bits per heavy atom. The topological polar surface area (TPSA) is 17.1 Å². The van der Waals surface area contributed by atoms with Gasteiger partial charge in [-0.25, -0.2) is 0 Å². The number of benzene rings is 2. The van der Waals surface area contributed by atoms with Gasteiger partial charge in [-0.3, -0.25) is 4.79 Å². The Balaban J connectivity index is 2.63. The van der Waals surface area contributed by atoms with Gasteiger partial charge in [-0.1, -0.05) is 58.5 Å². The lowest BCUT2D eigenvalue weighted by Crippen LogP contribution is -2.05. The first kappa shape index (κ1) is 13.7. The van der Waals surface area contributed by atoms with Crippen molar-refractivity contribution in [3.8, 4) is 0 Å². The van der Waals surface area contributed by atoms with Gasteiger partial charge in [-0.2, -0.15) is 0 Å². The number of hydrogen-bond donors (Lipinski definition) is 0. The highest BCUT2D eigenvalue weighted by Crippen LogP contribution is 2.32. The third kappa shape index (κ3) is 2.50. The SMILES string of the molecule is O=C(c1c(Cl)cccc1Cl)c1c(Cl)cccc1Cl. The molecular formula is C13H6Cl4O. The van der Waals surface area contributed by atoms with Crippen LogP contribution in [0.3, 0.4) is 0 Å². The van der Waals surface area contributed by atoms with Crippen LogP contribution in [0.4, 0.5) is 0 Å². The van der Waals surface area contributed by atoms with Crippen molar-refractivity contribution in [3.63, 3.8) is 0 Å². The summed E-state index contributed by atoms with van der Waals surface area (Å²) >= 11 is 24.0. The predicted molar refractivity (Wildman–Crippen MR) is 76.4 cm³/mol. The van der Waals surface area contributed by atoms with E-state index in [0.717, 1.165) is 0 Å². The zero-order valence-corrected chi connectivity index (χ0v) is 11.9. The molecule has 2 aromatic carbocycles. The highest BCUT2D eigenvalue weighted by atomic mass is 35.5. The molecule has 0 radical (unpaired) electrons. The Kier molecular flexibility index (Phi) is 4.18. The molecule has 0 aliphatic heterocycles. The summed E-state index contributed by atoms with van der Waals surface area (Å²) in [5.74, 6) is -0.388. The summed E-state index contributed by atoms with van der Waals surface area (Å²) in [6, 6.07) is 9.68. The fourth-order valence-electron chi connectivity index (χ4n) is 1.55. The summed E-state index contributed by atoms with van der Waals surface area (Å²) < 4.78 is 0. The smallest absolute Gasteiger partial charge is 0.199 e. The van der Waals surface area contributed by atoms with Gasteiger partial charge in [0.05, 0.1) is 31.2 Å². The van der Waals surface area contributed by atoms with Crippen LogP contribution in [0.5, 0.6) is 0 Å². The van der Waals surface area contributed by atoms with Crippen molar-refractivity contribution in [2.45, 2.75) is 0 Å². The van der Waals surface area contributed by atoms with E-state index in [-0.39, 0.29) is 37.0 Å². The van der Waals surface area contributed by atoms with E-state index in [1.807, 2.05) is 0 Å². The van der Waals surface area contributed by atoms with E-state index in [1.54, 1.807) is 36.4 Å². The molecular weight excluding hydrogens is 314 g/mol. The summed E-state index contributed by atoms with van der Waals surface area (Å²) in [5.41, 5.74) is 0.409. The number of halogens is 4. The minimum atomic E-state index is -0.388. The minimum absolute atomic E-state index is 0.204. The van der Waals surface area contributed by atoms with Crippen molar-refractivity contribution in [3.05, 3.63) is 67.6 Å². The molecule has 0 aliphatic rings. The van der Waals surface area contributed by atoms with Crippen LogP contribution in [0.2, 0.25) is 20.1 Å². The molecule has 0 N–H and O–H groups in total. The Morgan fingerprint density at radius 2 is 0.944 bits per heavy atom. The normalized spacial score (nSPS) is 10.4. The van der Waals surface area contributed by atoms with Crippen LogP contribution in [0.1, 0.15) is 15.9 Å². The number of ketones is 1. The standard InChI is InChI=1S/C13H6Cl4O/c14-7-3-1-4-8(15)11(7)13(18)12-9(16)5-2-6-10(12)17/h1-6H. The molecule has 0 atom stereocenters. The maximum absolute atomic E-state index is 12.4. The second-order valence-corrected chi connectivity index (χ2v) is 5.15. The molecule has 0 aliphatic carbocycles. The van der Waals surface area contributed by atoms with E-state index >= 15 is 0 Å². The quantitative estimate of drug-likeness (QED) is 0.665. The molecule has 0 saturated carbocycles. The van der Waals surface area contributed by atoms with E-state index in [4.69, 9.17) is 46.4 Å². The van der Waals surface area contributed by atoms with E-state index in [0.29, 0.717) is 0 Å². The summed E-state index contributed by atoms with van der Waals surface area (Å²) in [6.45, 7) is 0. The summed E-state index contributed by atoms with van der Waals surface area (Å²) in [4.78, 5) is 12.4. The van der Waals surface area contributed by atoms with Gasteiger partial charge in [0.1, 0.15) is 0 Å². The second-order valence-electron chi connectivity index (χ2n) is 3.52. The van der Waals surface area contributed by atoms with Crippen LogP contribution in [0.25, 0.3) is 0 Å². The van der Waals surface area contributed by atoms with Gasteiger partial charge in [-0.15, -0.1) is 0 Å². The highest BCUT2D eigenvalue weighted by Gasteiger charge is 2.21. The number of carbonyl (C=O) groups is 1. The van der Waals surface area contributed by atoms with Crippen LogP contribution < -0.4 is 0 Å². The lowest BCUT2D eigenvalue weighted by molar-refractivity contribution is 0.103. The molecule has 1 nitrogen and oxygen atoms in total. The zero-order valence-electron chi connectivity index (χ0n) is 8.88. The summed E-state index contributed by atoms with van der Waals surface area (Å²) in [6.07, 6.45) is 0. The van der Waals surface area contributed by atoms with Gasteiger partial charge in [0.2, 0.25) is 0 Å². The van der Waals surface area contributed by atoms with Crippen molar-refractivity contribution in [1.29, 1.82) is 0 Å². The third-order valence-electron chi connectivity index (χ3n) is 2.38. The van der Waals surface area contributed by atoms with Crippen LogP contribution in [0, 0.1) is 0 Å². The average molecular weight is 320 g/mol. The lowest BCUT2D eigenvalue weighted by atomic mass is 10.0. The van der Waals surface area contributed by atoms with Crippen LogP contribution in [0.15, 0.2) is 36.4 Å². The van der Waals surface area contributed by atoms with Gasteiger partial charge in [0, 0.05) is 0 Å². The van der Waals surface area contributed by atoms with Crippen molar-refractivity contribution in [2.24, 2.45) is 0 Å². The van der Waals surface area contributed by atoms with Crippen molar-refractivity contribution in [1.82, 2.24) is 0 Å². The van der Waals surface area contributed by atoms with Gasteiger partial charge in [0.25, 0.3) is 0 Å². The first-order chi connectivity index (χ1) is 8.52. The Morgan fingerprint density at radius 3 is 1.22 bits per heavy atom. The van der Waals surface area contributed by atoms with Gasteiger partial charge < -0.3 is 0 Å². The first-order valence-electron chi connectivity index (χ1n) is 4.95. The molecule has 0 fully saturated rings. The number of carbonyl (C=O) groups excluding carboxylic acids is 1. The molecule has 2 aromatic rings. The van der Waals surface area contributed by atoms with E-state index < -0.39 is 0 Å². The van der Waals surface area contributed by atoms with E-state index in [1.165, 1.54) is 0 Å². The Hall–Kier alpha value is -0.730. The van der Waals surface area contributed by atoms with Gasteiger partial charge >= 0.3 is 0 Å². The van der Waals surface area contributed by atoms with Gasteiger partial charge in [-0.05, 0) is 24.3 Å². The van der Waals surface area contributed by atoms with Crippen molar-refractivity contribution < 1.29 is 4.79 Å². The monoisotopic (exact) mass is 318 g/mol. The predicted octanol–water partition coefficient (Wildman–Crippen LogP) is 5.53. The highest BCUT2D eigenvalue weighted by molar-refractivity contribution is 6.45. The van der Waals surface area contributed by atoms with E-state index in [9.17, 15) is 4.79 Å². The van der Waals surface area contributed by atoms with Crippen molar-refractivity contribution >= 4 is 52.2 Å². The molecule has 0 saturated heterocycles. The number of rotatable bonds is 2. The maximum Gasteiger partial charge on any atom is 0.199 e. The molecule has 0 unspecified atom stereocenters. The largest absolute Gasteiger partial charge is 0.288 e. The lowest BCUT2D eigenvalue weighted by Gasteiger charge is -2.08. The second kappa shape index (κ2) is 5.50. The fourth-order valence-corrected chi connectivity index (χ4v) is 2.69. The zero-order chi connectivity index (χ0) is 13.3. The molecule has 92 valence electrons. The summed E-state index contributed by atoms with van der Waals surface area (Å²) in [5, 5.41) is 1.07. The first-order valence-corrected chi connectivity index (χ1v) is 6.46. The molecule has 0 amide bonds. The molecule has 0 spiro atoms. The third-order valence-corrected chi connectivity index (χ3v) is 3.64. The van der Waals surface area contributed by atoms with Gasteiger partial charge in [0.15, 0.2) is 5.78 Å². The Bertz CT molecular complexity index is 528. The van der Waals surface area contributed by atoms with Crippen molar-refractivity contribution in [2.75, 3.05) is 0 Å². The van der Waals surface area contributed by atoms with Crippen LogP contribution >= 0.6 is 46.4 Å². The molecule has 2 rings (SSSR count). The number of hydrogen-bond acceptors (Lipinski definition) is 1. The molecule has 0 aromatic heterocycles. The maximum atomic E-state index is 12.4. The Labute approximate surface area is 124 Å². The molecule has 18 heavy (non-hydrogen) atoms. The minimum Gasteiger partial charge on any atom is -0.288 e. The van der Waals surface area contributed by atoms with E-state index in [2.05, 4.69) is 0 Å². The average Bonchev–Trinajstić information content (AvgIpc) is 2.28. The molecule has 5 heteroatoms. The molecule has 0 bridgehead atoms. The van der Waals surface area contributed by atoms with Crippen LogP contribution in [-0.2, 0) is 0 Å². The summed E-state index contributed by atoms with van der Waals surface area (Å²) in [7, 11) is 0. The fraction of sp³-hybridized carbons (Fsp3) is 0.